The number of rotatable bonds is 3. The van der Waals surface area contributed by atoms with Crippen molar-refractivity contribution in [2.75, 3.05) is 13.6 Å². The van der Waals surface area contributed by atoms with Crippen LogP contribution >= 0.6 is 0 Å². The monoisotopic (exact) mass is 236 g/mol. The van der Waals surface area contributed by atoms with E-state index < -0.39 is 0 Å². The summed E-state index contributed by atoms with van der Waals surface area (Å²) >= 11 is 0. The van der Waals surface area contributed by atoms with E-state index in [-0.39, 0.29) is 11.9 Å². The smallest absolute Gasteiger partial charge is 0.239 e. The molecular formula is C13H20N2O2. The Morgan fingerprint density at radius 1 is 1.65 bits per heavy atom. The van der Waals surface area contributed by atoms with E-state index in [2.05, 4.69) is 12.2 Å². The molecule has 2 atom stereocenters. The van der Waals surface area contributed by atoms with Crippen molar-refractivity contribution in [1.29, 1.82) is 0 Å². The fraction of sp³-hybridized carbons (Fsp3) is 0.615. The first-order valence-electron chi connectivity index (χ1n) is 6.17. The predicted octanol–water partition coefficient (Wildman–Crippen LogP) is 1.63. The van der Waals surface area contributed by atoms with Gasteiger partial charge in [0.05, 0.1) is 18.8 Å². The minimum Gasteiger partial charge on any atom is -0.467 e. The first-order valence-corrected chi connectivity index (χ1v) is 6.17. The molecule has 1 aliphatic rings. The van der Waals surface area contributed by atoms with Gasteiger partial charge in [-0.3, -0.25) is 4.79 Å². The third kappa shape index (κ3) is 3.09. The highest BCUT2D eigenvalue weighted by Gasteiger charge is 2.27. The normalized spacial score (nSPS) is 24.6. The zero-order chi connectivity index (χ0) is 12.3. The quantitative estimate of drug-likeness (QED) is 0.867. The van der Waals surface area contributed by atoms with Crippen LogP contribution in [0.4, 0.5) is 0 Å². The molecule has 1 aromatic rings. The van der Waals surface area contributed by atoms with Crippen LogP contribution in [0.2, 0.25) is 0 Å². The topological polar surface area (TPSA) is 45.5 Å². The summed E-state index contributed by atoms with van der Waals surface area (Å²) in [5.41, 5.74) is 0. The summed E-state index contributed by atoms with van der Waals surface area (Å²) in [6.07, 6.45) is 3.72. The van der Waals surface area contributed by atoms with Crippen molar-refractivity contribution >= 4 is 5.91 Å². The fourth-order valence-electron chi connectivity index (χ4n) is 2.28. The van der Waals surface area contributed by atoms with E-state index in [0.29, 0.717) is 12.5 Å². The van der Waals surface area contributed by atoms with Crippen LogP contribution in [0.1, 0.15) is 25.5 Å². The Hall–Kier alpha value is -1.29. The molecule has 0 aromatic carbocycles. The van der Waals surface area contributed by atoms with Crippen LogP contribution in [-0.2, 0) is 11.3 Å². The molecule has 4 heteroatoms. The van der Waals surface area contributed by atoms with Crippen LogP contribution in [0.3, 0.4) is 0 Å². The van der Waals surface area contributed by atoms with Gasteiger partial charge in [-0.1, -0.05) is 6.92 Å². The van der Waals surface area contributed by atoms with Crippen molar-refractivity contribution in [3.8, 4) is 0 Å². The highest BCUT2D eigenvalue weighted by atomic mass is 16.3. The Balaban J connectivity index is 1.90. The molecule has 2 rings (SSSR count). The first kappa shape index (κ1) is 12.2. The number of piperidine rings is 1. The number of likely N-dealkylation sites (N-methyl/N-ethyl adjacent to an activating group) is 1. The Morgan fingerprint density at radius 3 is 3.12 bits per heavy atom. The van der Waals surface area contributed by atoms with E-state index in [4.69, 9.17) is 4.42 Å². The molecule has 1 N–H and O–H groups in total. The van der Waals surface area contributed by atoms with E-state index in [1.54, 1.807) is 11.2 Å². The fourth-order valence-corrected chi connectivity index (χ4v) is 2.28. The Labute approximate surface area is 102 Å². The minimum absolute atomic E-state index is 0.0290. The highest BCUT2D eigenvalue weighted by Crippen LogP contribution is 2.17. The van der Waals surface area contributed by atoms with Gasteiger partial charge < -0.3 is 14.6 Å². The molecule has 0 spiro atoms. The average Bonchev–Trinajstić information content (AvgIpc) is 2.80. The van der Waals surface area contributed by atoms with Gasteiger partial charge in [-0.05, 0) is 37.4 Å². The summed E-state index contributed by atoms with van der Waals surface area (Å²) in [7, 11) is 1.83. The lowest BCUT2D eigenvalue weighted by Crippen LogP contribution is -2.48. The molecular weight excluding hydrogens is 216 g/mol. The van der Waals surface area contributed by atoms with Gasteiger partial charge in [0, 0.05) is 7.05 Å². The molecule has 1 aliphatic heterocycles. The number of carbonyl (C=O) groups is 1. The lowest BCUT2D eigenvalue weighted by atomic mass is 9.93. The van der Waals surface area contributed by atoms with Crippen molar-refractivity contribution in [3.05, 3.63) is 24.2 Å². The Bertz CT molecular complexity index is 362. The molecule has 1 aromatic heterocycles. The van der Waals surface area contributed by atoms with Gasteiger partial charge in [0.2, 0.25) is 5.91 Å². The second kappa shape index (κ2) is 5.36. The predicted molar refractivity (Wildman–Crippen MR) is 65.4 cm³/mol. The van der Waals surface area contributed by atoms with E-state index >= 15 is 0 Å². The van der Waals surface area contributed by atoms with Crippen molar-refractivity contribution < 1.29 is 9.21 Å². The molecule has 0 bridgehead atoms. The average molecular weight is 236 g/mol. The molecule has 17 heavy (non-hydrogen) atoms. The van der Waals surface area contributed by atoms with Crippen molar-refractivity contribution in [2.45, 2.75) is 32.4 Å². The lowest BCUT2D eigenvalue weighted by Gasteiger charge is -2.30. The molecule has 0 radical (unpaired) electrons. The summed E-state index contributed by atoms with van der Waals surface area (Å²) < 4.78 is 5.25. The molecule has 0 saturated carbocycles. The number of hydrogen-bond donors (Lipinski definition) is 1. The molecule has 2 unspecified atom stereocenters. The number of carbonyl (C=O) groups excluding carboxylic acids is 1. The maximum atomic E-state index is 12.2. The third-order valence-corrected chi connectivity index (χ3v) is 3.31. The zero-order valence-corrected chi connectivity index (χ0v) is 10.5. The molecule has 0 aliphatic carbocycles. The third-order valence-electron chi connectivity index (χ3n) is 3.31. The highest BCUT2D eigenvalue weighted by molar-refractivity contribution is 5.81. The second-order valence-electron chi connectivity index (χ2n) is 4.91. The lowest BCUT2D eigenvalue weighted by molar-refractivity contribution is -0.133. The SMILES string of the molecule is CC1CCNC(C(=O)N(C)Cc2ccco2)C1. The van der Waals surface area contributed by atoms with E-state index in [1.807, 2.05) is 19.2 Å². The van der Waals surface area contributed by atoms with Gasteiger partial charge in [0.25, 0.3) is 0 Å². The summed E-state index contributed by atoms with van der Waals surface area (Å²) in [4.78, 5) is 13.9. The number of furan rings is 1. The summed E-state index contributed by atoms with van der Waals surface area (Å²) in [5, 5.41) is 3.29. The summed E-state index contributed by atoms with van der Waals surface area (Å²) in [6, 6.07) is 3.70. The van der Waals surface area contributed by atoms with Crippen LogP contribution in [-0.4, -0.2) is 30.4 Å². The van der Waals surface area contributed by atoms with E-state index in [0.717, 1.165) is 25.1 Å². The number of amides is 1. The number of hydrogen-bond acceptors (Lipinski definition) is 3. The largest absolute Gasteiger partial charge is 0.467 e. The summed E-state index contributed by atoms with van der Waals surface area (Å²) in [6.45, 7) is 3.68. The Morgan fingerprint density at radius 2 is 2.47 bits per heavy atom. The minimum atomic E-state index is -0.0290. The van der Waals surface area contributed by atoms with Crippen LogP contribution in [0.15, 0.2) is 22.8 Å². The first-order chi connectivity index (χ1) is 8.16. The van der Waals surface area contributed by atoms with Crippen LogP contribution in [0.5, 0.6) is 0 Å². The van der Waals surface area contributed by atoms with E-state index in [9.17, 15) is 4.79 Å². The van der Waals surface area contributed by atoms with Gasteiger partial charge in [-0.2, -0.15) is 0 Å². The van der Waals surface area contributed by atoms with Crippen LogP contribution in [0.25, 0.3) is 0 Å². The van der Waals surface area contributed by atoms with Gasteiger partial charge in [-0.25, -0.2) is 0 Å². The summed E-state index contributed by atoms with van der Waals surface area (Å²) in [5.74, 6) is 1.61. The van der Waals surface area contributed by atoms with Crippen molar-refractivity contribution in [1.82, 2.24) is 10.2 Å². The van der Waals surface area contributed by atoms with Gasteiger partial charge >= 0.3 is 0 Å². The molecule has 1 fully saturated rings. The maximum absolute atomic E-state index is 12.2. The second-order valence-corrected chi connectivity index (χ2v) is 4.91. The van der Waals surface area contributed by atoms with Gasteiger partial charge in [0.1, 0.15) is 5.76 Å². The van der Waals surface area contributed by atoms with Gasteiger partial charge in [0.15, 0.2) is 0 Å². The van der Waals surface area contributed by atoms with E-state index in [1.165, 1.54) is 0 Å². The van der Waals surface area contributed by atoms with Gasteiger partial charge in [-0.15, -0.1) is 0 Å². The zero-order valence-electron chi connectivity index (χ0n) is 10.5. The van der Waals surface area contributed by atoms with Crippen LogP contribution in [0, 0.1) is 5.92 Å². The maximum Gasteiger partial charge on any atom is 0.239 e. The standard InChI is InChI=1S/C13H20N2O2/c1-10-5-6-14-12(8-10)13(16)15(2)9-11-4-3-7-17-11/h3-4,7,10,12,14H,5-6,8-9H2,1-2H3. The molecule has 94 valence electrons. The molecule has 4 nitrogen and oxygen atoms in total. The number of nitrogens with zero attached hydrogens (tertiary/aromatic N) is 1. The molecule has 1 saturated heterocycles. The van der Waals surface area contributed by atoms with Crippen molar-refractivity contribution in [3.63, 3.8) is 0 Å². The molecule has 2 heterocycles. The number of nitrogens with one attached hydrogen (secondary N) is 1. The molecule has 1 amide bonds. The van der Waals surface area contributed by atoms with Crippen LogP contribution < -0.4 is 5.32 Å². The van der Waals surface area contributed by atoms with Crippen molar-refractivity contribution in [2.24, 2.45) is 5.92 Å². The Kier molecular flexibility index (Phi) is 3.84.